The maximum atomic E-state index is 13.1. The zero-order chi connectivity index (χ0) is 34.8. The van der Waals surface area contributed by atoms with Crippen molar-refractivity contribution >= 4 is 28.5 Å². The number of ether oxygens (including phenoxy) is 3. The van der Waals surface area contributed by atoms with Gasteiger partial charge in [0.15, 0.2) is 23.0 Å². The van der Waals surface area contributed by atoms with E-state index in [1.807, 2.05) is 51.4 Å². The number of H-pyrrole nitrogens is 2. The lowest BCUT2D eigenvalue weighted by atomic mass is 9.75. The van der Waals surface area contributed by atoms with Crippen LogP contribution in [0.5, 0.6) is 0 Å². The molecule has 3 aromatic heterocycles. The summed E-state index contributed by atoms with van der Waals surface area (Å²) < 4.78 is 24.4. The highest BCUT2D eigenvalue weighted by Crippen LogP contribution is 2.48. The third-order valence-corrected chi connectivity index (χ3v) is 9.44. The number of anilines is 1. The highest BCUT2D eigenvalue weighted by Gasteiger charge is 2.52. The standard InChI is InChI=1S/C29H37N3O6.C4H5N.C4H10O/c1-15-10-11-29(17(3)13-16(2)27(38-29)18(4)26(33)20-7-6-12-31-20)37-22(15)14-23-32-25-21(36-23)9-8-19(30-5)24(25)28(34)35;1-2-4-5-3-1;1-3-5-4-2/h6-9,12,15-18,22,27,30-31H,10-11,13-14H2,1-5H3,(H,34,35);1-5H;3-4H2,1-2H3/t15-,16+,17+,18?,22-,27-,29?;;/m0../s1. The number of aromatic nitrogens is 3. The van der Waals surface area contributed by atoms with Crippen molar-refractivity contribution in [2.45, 2.75) is 85.2 Å². The van der Waals surface area contributed by atoms with Crippen molar-refractivity contribution in [1.82, 2.24) is 15.0 Å². The molecule has 48 heavy (non-hydrogen) atoms. The minimum Gasteiger partial charge on any atom is -0.478 e. The molecule has 2 aliphatic rings. The largest absolute Gasteiger partial charge is 0.478 e. The number of fused-ring (bicyclic) bond motifs is 1. The average Bonchev–Trinajstić information content (AvgIpc) is 3.88. The van der Waals surface area contributed by atoms with Crippen LogP contribution >= 0.6 is 0 Å². The summed E-state index contributed by atoms with van der Waals surface area (Å²) in [5, 5.41) is 12.7. The van der Waals surface area contributed by atoms with E-state index in [9.17, 15) is 14.7 Å². The van der Waals surface area contributed by atoms with Crippen molar-refractivity contribution < 1.29 is 33.3 Å². The minimum atomic E-state index is -1.06. The lowest BCUT2D eigenvalue weighted by molar-refractivity contribution is -0.355. The van der Waals surface area contributed by atoms with Crippen LogP contribution in [0.1, 0.15) is 87.5 Å². The van der Waals surface area contributed by atoms with E-state index in [-0.39, 0.29) is 47.2 Å². The summed E-state index contributed by atoms with van der Waals surface area (Å²) in [5.41, 5.74) is 1.93. The van der Waals surface area contributed by atoms with Gasteiger partial charge < -0.3 is 39.0 Å². The van der Waals surface area contributed by atoms with Crippen molar-refractivity contribution in [1.29, 1.82) is 0 Å². The van der Waals surface area contributed by atoms with E-state index < -0.39 is 11.8 Å². The number of ketones is 1. The lowest BCUT2D eigenvalue weighted by Crippen LogP contribution is -2.58. The molecule has 0 radical (unpaired) electrons. The highest BCUT2D eigenvalue weighted by atomic mass is 16.7. The molecule has 4 N–H and O–H groups in total. The number of rotatable bonds is 9. The quantitative estimate of drug-likeness (QED) is 0.133. The molecule has 262 valence electrons. The second kappa shape index (κ2) is 16.9. The van der Waals surface area contributed by atoms with Crippen molar-refractivity contribution in [3.8, 4) is 0 Å². The van der Waals surface area contributed by atoms with Gasteiger partial charge in [-0.2, -0.15) is 0 Å². The molecule has 4 aromatic rings. The minimum absolute atomic E-state index is 0.0407. The van der Waals surface area contributed by atoms with Gasteiger partial charge in [-0.05, 0) is 74.9 Å². The molecule has 0 amide bonds. The second-order valence-electron chi connectivity index (χ2n) is 12.8. The van der Waals surface area contributed by atoms with E-state index >= 15 is 0 Å². The number of aromatic carboxylic acids is 1. The lowest BCUT2D eigenvalue weighted by Gasteiger charge is -2.53. The van der Waals surface area contributed by atoms with Gasteiger partial charge in [-0.25, -0.2) is 9.78 Å². The number of carboxylic acids is 1. The molecule has 5 heterocycles. The number of carbonyl (C=O) groups excluding carboxylic acids is 1. The van der Waals surface area contributed by atoms with Crippen LogP contribution in [-0.2, 0) is 20.6 Å². The van der Waals surface area contributed by atoms with Crippen molar-refractivity contribution in [3.63, 3.8) is 0 Å². The number of carboxylic acid groups (broad SMARTS) is 1. The molecule has 0 aliphatic carbocycles. The van der Waals surface area contributed by atoms with Gasteiger partial charge in [-0.1, -0.05) is 27.7 Å². The van der Waals surface area contributed by atoms with E-state index in [0.29, 0.717) is 34.8 Å². The number of Topliss-reactive ketones (excluding diaryl/α,β-unsaturated/α-hetero) is 1. The number of hydrogen-bond acceptors (Lipinski definition) is 8. The van der Waals surface area contributed by atoms with Gasteiger partial charge in [0.1, 0.15) is 11.1 Å². The first-order valence-corrected chi connectivity index (χ1v) is 17.1. The molecule has 2 saturated heterocycles. The molecule has 2 unspecified atom stereocenters. The average molecular weight is 665 g/mol. The molecular weight excluding hydrogens is 612 g/mol. The number of aromatic amines is 2. The van der Waals surface area contributed by atoms with Crippen molar-refractivity contribution in [2.24, 2.45) is 23.7 Å². The summed E-state index contributed by atoms with van der Waals surface area (Å²) in [7, 11) is 1.68. The first-order chi connectivity index (χ1) is 23.0. The van der Waals surface area contributed by atoms with Crippen LogP contribution in [0.3, 0.4) is 0 Å². The normalized spacial score (nSPS) is 25.8. The molecule has 0 saturated carbocycles. The van der Waals surface area contributed by atoms with Crippen LogP contribution in [0.2, 0.25) is 0 Å². The van der Waals surface area contributed by atoms with Crippen LogP contribution in [0, 0.1) is 23.7 Å². The zero-order valence-corrected chi connectivity index (χ0v) is 29.2. The molecule has 11 heteroatoms. The van der Waals surface area contributed by atoms with E-state index in [0.717, 1.165) is 32.5 Å². The van der Waals surface area contributed by atoms with Gasteiger partial charge >= 0.3 is 5.97 Å². The van der Waals surface area contributed by atoms with Crippen molar-refractivity contribution in [2.75, 3.05) is 25.6 Å². The fourth-order valence-electron chi connectivity index (χ4n) is 6.75. The summed E-state index contributed by atoms with van der Waals surface area (Å²) in [6, 6.07) is 10.9. The van der Waals surface area contributed by atoms with Gasteiger partial charge in [0, 0.05) is 57.1 Å². The van der Waals surface area contributed by atoms with E-state index in [1.165, 1.54) is 0 Å². The third kappa shape index (κ3) is 8.56. The number of oxazole rings is 1. The molecular formula is C37H52N4O7. The first-order valence-electron chi connectivity index (χ1n) is 17.1. The van der Waals surface area contributed by atoms with Crippen molar-refractivity contribution in [3.05, 3.63) is 72.1 Å². The number of carbonyl (C=O) groups is 2. The second-order valence-corrected chi connectivity index (χ2v) is 12.8. The Bertz CT molecular complexity index is 1550. The number of nitrogens with one attached hydrogen (secondary N) is 3. The molecule has 2 aliphatic heterocycles. The molecule has 2 fully saturated rings. The first kappa shape index (κ1) is 36.9. The predicted octanol–water partition coefficient (Wildman–Crippen LogP) is 7.59. The van der Waals surface area contributed by atoms with Gasteiger partial charge in [-0.15, -0.1) is 0 Å². The Kier molecular flexibility index (Phi) is 13.0. The molecule has 11 nitrogen and oxygen atoms in total. The fraction of sp³-hybridized carbons (Fsp3) is 0.541. The number of benzene rings is 1. The monoisotopic (exact) mass is 664 g/mol. The molecule has 0 bridgehead atoms. The topological polar surface area (TPSA) is 152 Å². The van der Waals surface area contributed by atoms with Gasteiger partial charge in [0.2, 0.25) is 0 Å². The molecule has 6 rings (SSSR count). The molecule has 1 aromatic carbocycles. The Labute approximate surface area is 283 Å². The van der Waals surface area contributed by atoms with E-state index in [2.05, 4.69) is 41.0 Å². The van der Waals surface area contributed by atoms with Crippen LogP contribution < -0.4 is 5.32 Å². The van der Waals surface area contributed by atoms with Gasteiger partial charge in [0.25, 0.3) is 0 Å². The summed E-state index contributed by atoms with van der Waals surface area (Å²) in [4.78, 5) is 35.5. The smallest absolute Gasteiger partial charge is 0.340 e. The number of hydrogen-bond donors (Lipinski definition) is 4. The van der Waals surface area contributed by atoms with Crippen LogP contribution in [0.15, 0.2) is 59.4 Å². The molecule has 1 spiro atoms. The van der Waals surface area contributed by atoms with E-state index in [4.69, 9.17) is 18.6 Å². The zero-order valence-electron chi connectivity index (χ0n) is 29.2. The Balaban J connectivity index is 0.000000450. The maximum Gasteiger partial charge on any atom is 0.340 e. The Morgan fingerprint density at radius 3 is 2.35 bits per heavy atom. The third-order valence-electron chi connectivity index (χ3n) is 9.44. The molecule has 7 atom stereocenters. The maximum absolute atomic E-state index is 13.1. The summed E-state index contributed by atoms with van der Waals surface area (Å²) in [6.45, 7) is 14.1. The van der Waals surface area contributed by atoms with Gasteiger partial charge in [0.05, 0.1) is 30.0 Å². The van der Waals surface area contributed by atoms with Crippen LogP contribution in [0.4, 0.5) is 5.69 Å². The van der Waals surface area contributed by atoms with Gasteiger partial charge in [-0.3, -0.25) is 4.79 Å². The predicted molar refractivity (Wildman–Crippen MR) is 185 cm³/mol. The van der Waals surface area contributed by atoms with Crippen LogP contribution in [0.25, 0.3) is 11.1 Å². The van der Waals surface area contributed by atoms with Crippen LogP contribution in [-0.4, -0.2) is 70.1 Å². The Morgan fingerprint density at radius 2 is 1.79 bits per heavy atom. The Hall–Kier alpha value is -3.93. The SMILES string of the molecule is CCOCC.CNc1ccc2oc(C[C@@H]3OC4(CC[C@@H]3C)O[C@H](C(C)C(=O)c3ccc[nH]3)[C@H](C)C[C@H]4C)nc2c1C(=O)O.c1cc[nH]c1. The highest BCUT2D eigenvalue weighted by molar-refractivity contribution is 6.06. The summed E-state index contributed by atoms with van der Waals surface area (Å²) in [5.74, 6) is -1.11. The Morgan fingerprint density at radius 1 is 1.06 bits per heavy atom. The summed E-state index contributed by atoms with van der Waals surface area (Å²) >= 11 is 0. The number of nitrogens with zero attached hydrogens (tertiary/aromatic N) is 1. The van der Waals surface area contributed by atoms with E-state index in [1.54, 1.807) is 31.4 Å². The summed E-state index contributed by atoms with van der Waals surface area (Å²) in [6.07, 6.45) is 7.97. The fourth-order valence-corrected chi connectivity index (χ4v) is 6.75.